The van der Waals surface area contributed by atoms with E-state index >= 15 is 0 Å². The molecule has 0 aromatic heterocycles. The van der Waals surface area contributed by atoms with E-state index in [0.717, 1.165) is 12.1 Å². The van der Waals surface area contributed by atoms with Gasteiger partial charge in [-0.1, -0.05) is 13.8 Å². The van der Waals surface area contributed by atoms with Crippen LogP contribution in [-0.2, 0) is 14.8 Å². The zero-order valence-corrected chi connectivity index (χ0v) is 12.5. The Morgan fingerprint density at radius 2 is 1.86 bits per heavy atom. The lowest BCUT2D eigenvalue weighted by Gasteiger charge is -2.26. The van der Waals surface area contributed by atoms with E-state index in [1.807, 2.05) is 0 Å². The van der Waals surface area contributed by atoms with Crippen molar-refractivity contribution in [2.75, 3.05) is 6.54 Å². The molecular formula is C13H17F2NO4S. The van der Waals surface area contributed by atoms with Crippen molar-refractivity contribution in [2.45, 2.75) is 31.6 Å². The first-order valence-corrected chi connectivity index (χ1v) is 7.85. The van der Waals surface area contributed by atoms with Crippen molar-refractivity contribution in [2.24, 2.45) is 5.41 Å². The Balaban J connectivity index is 3.03. The van der Waals surface area contributed by atoms with E-state index in [1.54, 1.807) is 13.8 Å². The average molecular weight is 321 g/mol. The van der Waals surface area contributed by atoms with E-state index < -0.39 is 37.9 Å². The number of carboxylic acids is 1. The molecule has 1 aromatic carbocycles. The molecule has 1 rings (SSSR count). The van der Waals surface area contributed by atoms with Crippen molar-refractivity contribution in [1.82, 2.24) is 4.72 Å². The highest BCUT2D eigenvalue weighted by molar-refractivity contribution is 7.89. The number of aliphatic carboxylic acids is 1. The first kappa shape index (κ1) is 17.5. The number of hydrogen-bond acceptors (Lipinski definition) is 3. The van der Waals surface area contributed by atoms with Crippen LogP contribution in [0.1, 0.15) is 26.7 Å². The summed E-state index contributed by atoms with van der Waals surface area (Å²) in [6, 6.07) is 2.08. The van der Waals surface area contributed by atoms with Gasteiger partial charge in [-0.05, 0) is 25.0 Å². The summed E-state index contributed by atoms with van der Waals surface area (Å²) in [6.07, 6.45) is 0.431. The molecule has 2 N–H and O–H groups in total. The molecule has 0 heterocycles. The monoisotopic (exact) mass is 321 g/mol. The van der Waals surface area contributed by atoms with Crippen LogP contribution in [-0.4, -0.2) is 26.0 Å². The summed E-state index contributed by atoms with van der Waals surface area (Å²) in [5.74, 6) is -3.25. The maximum Gasteiger partial charge on any atom is 0.310 e. The quantitative estimate of drug-likeness (QED) is 0.806. The Bertz CT molecular complexity index is 627. The lowest BCUT2D eigenvalue weighted by molar-refractivity contribution is -0.149. The molecule has 0 saturated heterocycles. The lowest BCUT2D eigenvalue weighted by atomic mass is 9.83. The second-order valence-electron chi connectivity index (χ2n) is 4.69. The molecule has 0 amide bonds. The molecule has 0 aliphatic rings. The average Bonchev–Trinajstić information content (AvgIpc) is 2.39. The number of benzene rings is 1. The standard InChI is InChI=1S/C13H17F2NO4S/c1-3-13(4-2,12(17)18)8-16-21(19,20)11-6-5-9(14)7-10(11)15/h5-7,16H,3-4,8H2,1-2H3,(H,17,18). The van der Waals surface area contributed by atoms with Crippen LogP contribution in [0.3, 0.4) is 0 Å². The summed E-state index contributed by atoms with van der Waals surface area (Å²) >= 11 is 0. The fourth-order valence-corrected chi connectivity index (χ4v) is 3.07. The van der Waals surface area contributed by atoms with E-state index in [9.17, 15) is 27.1 Å². The van der Waals surface area contributed by atoms with Gasteiger partial charge in [-0.3, -0.25) is 4.79 Å². The summed E-state index contributed by atoms with van der Waals surface area (Å²) in [5, 5.41) is 9.22. The number of halogens is 2. The first-order valence-electron chi connectivity index (χ1n) is 6.36. The van der Waals surface area contributed by atoms with Gasteiger partial charge in [-0.15, -0.1) is 0 Å². The summed E-state index contributed by atoms with van der Waals surface area (Å²) < 4.78 is 52.4. The predicted molar refractivity (Wildman–Crippen MR) is 72.2 cm³/mol. The number of carboxylic acid groups (broad SMARTS) is 1. The van der Waals surface area contributed by atoms with Crippen LogP contribution >= 0.6 is 0 Å². The molecule has 0 radical (unpaired) electrons. The van der Waals surface area contributed by atoms with Crippen LogP contribution in [0.4, 0.5) is 8.78 Å². The molecule has 5 nitrogen and oxygen atoms in total. The van der Waals surface area contributed by atoms with Crippen molar-refractivity contribution in [1.29, 1.82) is 0 Å². The highest BCUT2D eigenvalue weighted by Gasteiger charge is 2.36. The Kier molecular flexibility index (Phi) is 5.41. The van der Waals surface area contributed by atoms with Crippen LogP contribution in [0.25, 0.3) is 0 Å². The van der Waals surface area contributed by atoms with Gasteiger partial charge in [-0.2, -0.15) is 0 Å². The van der Waals surface area contributed by atoms with Gasteiger partial charge in [0.05, 0.1) is 5.41 Å². The highest BCUT2D eigenvalue weighted by Crippen LogP contribution is 2.26. The van der Waals surface area contributed by atoms with Gasteiger partial charge in [-0.25, -0.2) is 21.9 Å². The minimum atomic E-state index is -4.25. The van der Waals surface area contributed by atoms with Gasteiger partial charge in [0, 0.05) is 12.6 Å². The van der Waals surface area contributed by atoms with E-state index in [1.165, 1.54) is 0 Å². The van der Waals surface area contributed by atoms with Gasteiger partial charge >= 0.3 is 5.97 Å². The smallest absolute Gasteiger partial charge is 0.310 e. The maximum atomic E-state index is 13.5. The van der Waals surface area contributed by atoms with E-state index in [0.29, 0.717) is 6.07 Å². The zero-order chi connectivity index (χ0) is 16.3. The SMILES string of the molecule is CCC(CC)(CNS(=O)(=O)c1ccc(F)cc1F)C(=O)O. The third-order valence-electron chi connectivity index (χ3n) is 3.59. The van der Waals surface area contributed by atoms with Crippen molar-refractivity contribution in [3.05, 3.63) is 29.8 Å². The van der Waals surface area contributed by atoms with Crippen LogP contribution in [0, 0.1) is 17.0 Å². The van der Waals surface area contributed by atoms with Crippen LogP contribution in [0.2, 0.25) is 0 Å². The molecule has 0 aliphatic carbocycles. The Hall–Kier alpha value is -1.54. The molecule has 1 aromatic rings. The molecule has 0 unspecified atom stereocenters. The molecule has 0 atom stereocenters. The summed E-state index contributed by atoms with van der Waals surface area (Å²) in [4.78, 5) is 10.6. The van der Waals surface area contributed by atoms with Crippen molar-refractivity contribution < 1.29 is 27.1 Å². The van der Waals surface area contributed by atoms with Crippen LogP contribution in [0.15, 0.2) is 23.1 Å². The van der Waals surface area contributed by atoms with Crippen molar-refractivity contribution in [3.8, 4) is 0 Å². The van der Waals surface area contributed by atoms with E-state index in [2.05, 4.69) is 4.72 Å². The van der Waals surface area contributed by atoms with Gasteiger partial charge < -0.3 is 5.11 Å². The molecule has 0 saturated carbocycles. The van der Waals surface area contributed by atoms with Crippen molar-refractivity contribution in [3.63, 3.8) is 0 Å². The number of rotatable bonds is 7. The van der Waals surface area contributed by atoms with Crippen LogP contribution in [0.5, 0.6) is 0 Å². The van der Waals surface area contributed by atoms with Gasteiger partial charge in [0.15, 0.2) is 0 Å². The summed E-state index contributed by atoms with van der Waals surface area (Å²) in [7, 11) is -4.25. The van der Waals surface area contributed by atoms with Crippen molar-refractivity contribution >= 4 is 16.0 Å². The Labute approximate surface area is 122 Å². The highest BCUT2D eigenvalue weighted by atomic mass is 32.2. The largest absolute Gasteiger partial charge is 0.481 e. The molecular weight excluding hydrogens is 304 g/mol. The van der Waals surface area contributed by atoms with Gasteiger partial charge in [0.1, 0.15) is 16.5 Å². The van der Waals surface area contributed by atoms with Crippen LogP contribution < -0.4 is 4.72 Å². The minimum Gasteiger partial charge on any atom is -0.481 e. The number of nitrogens with one attached hydrogen (secondary N) is 1. The normalized spacial score (nSPS) is 12.4. The number of carbonyl (C=O) groups is 1. The lowest BCUT2D eigenvalue weighted by Crippen LogP contribution is -2.42. The second-order valence-corrected chi connectivity index (χ2v) is 6.43. The molecule has 0 fully saturated rings. The summed E-state index contributed by atoms with van der Waals surface area (Å²) in [5.41, 5.74) is -1.26. The molecule has 8 heteroatoms. The maximum absolute atomic E-state index is 13.5. The molecule has 0 aliphatic heterocycles. The number of hydrogen-bond donors (Lipinski definition) is 2. The van der Waals surface area contributed by atoms with Gasteiger partial charge in [0.25, 0.3) is 0 Å². The second kappa shape index (κ2) is 6.48. The Morgan fingerprint density at radius 3 is 2.29 bits per heavy atom. The fraction of sp³-hybridized carbons (Fsp3) is 0.462. The zero-order valence-electron chi connectivity index (χ0n) is 11.7. The predicted octanol–water partition coefficient (Wildman–Crippen LogP) is 2.13. The molecule has 21 heavy (non-hydrogen) atoms. The third-order valence-corrected chi connectivity index (χ3v) is 5.03. The van der Waals surface area contributed by atoms with E-state index in [4.69, 9.17) is 0 Å². The minimum absolute atomic E-state index is 0.216. The molecule has 118 valence electrons. The van der Waals surface area contributed by atoms with E-state index in [-0.39, 0.29) is 19.4 Å². The van der Waals surface area contributed by atoms with Gasteiger partial charge in [0.2, 0.25) is 10.0 Å². The number of sulfonamides is 1. The third kappa shape index (κ3) is 3.76. The summed E-state index contributed by atoms with van der Waals surface area (Å²) in [6.45, 7) is 2.89. The fourth-order valence-electron chi connectivity index (χ4n) is 1.88. The molecule has 0 bridgehead atoms. The first-order chi connectivity index (χ1) is 9.68. The Morgan fingerprint density at radius 1 is 1.29 bits per heavy atom. The molecule has 0 spiro atoms. The topological polar surface area (TPSA) is 83.5 Å².